The highest BCUT2D eigenvalue weighted by molar-refractivity contribution is 7.89. The fourth-order valence-electron chi connectivity index (χ4n) is 2.56. The lowest BCUT2D eigenvalue weighted by Crippen LogP contribution is -2.40. The molecule has 0 radical (unpaired) electrons. The van der Waals surface area contributed by atoms with Gasteiger partial charge in [0, 0.05) is 13.1 Å². The molecule has 1 aliphatic heterocycles. The Kier molecular flexibility index (Phi) is 6.11. The van der Waals surface area contributed by atoms with E-state index in [1.807, 2.05) is 0 Å². The quantitative estimate of drug-likeness (QED) is 0.705. The van der Waals surface area contributed by atoms with Gasteiger partial charge in [-0.15, -0.1) is 0 Å². The van der Waals surface area contributed by atoms with Crippen LogP contribution in [0.15, 0.2) is 47.4 Å². The number of nitrogens with zero attached hydrogens (tertiary/aromatic N) is 1. The molecular formula is C18H17ClFNO5S. The lowest BCUT2D eigenvalue weighted by Gasteiger charge is -2.26. The minimum atomic E-state index is -3.76. The first kappa shape index (κ1) is 19.8. The average molecular weight is 414 g/mol. The summed E-state index contributed by atoms with van der Waals surface area (Å²) in [5, 5.41) is 0.0834. The Bertz CT molecular complexity index is 927. The zero-order chi connectivity index (χ0) is 19.4. The van der Waals surface area contributed by atoms with E-state index in [9.17, 15) is 17.6 Å². The van der Waals surface area contributed by atoms with Crippen LogP contribution in [0.3, 0.4) is 0 Å². The molecule has 1 saturated heterocycles. The number of morpholine rings is 1. The van der Waals surface area contributed by atoms with Crippen LogP contribution >= 0.6 is 11.6 Å². The van der Waals surface area contributed by atoms with Crippen molar-refractivity contribution in [3.63, 3.8) is 0 Å². The molecule has 1 aliphatic rings. The van der Waals surface area contributed by atoms with Gasteiger partial charge in [0.25, 0.3) is 0 Å². The van der Waals surface area contributed by atoms with Crippen molar-refractivity contribution in [1.29, 1.82) is 0 Å². The van der Waals surface area contributed by atoms with Crippen molar-refractivity contribution in [1.82, 2.24) is 4.31 Å². The van der Waals surface area contributed by atoms with Crippen LogP contribution in [0, 0.1) is 5.82 Å². The summed E-state index contributed by atoms with van der Waals surface area (Å²) in [4.78, 5) is 12.3. The van der Waals surface area contributed by atoms with Gasteiger partial charge in [0.2, 0.25) is 10.0 Å². The zero-order valence-electron chi connectivity index (χ0n) is 14.2. The lowest BCUT2D eigenvalue weighted by molar-refractivity contribution is 0.0472. The number of hydrogen-bond acceptors (Lipinski definition) is 5. The molecule has 0 saturated carbocycles. The van der Waals surface area contributed by atoms with Crippen LogP contribution in [-0.4, -0.2) is 45.0 Å². The SMILES string of the molecule is O=C(OCc1ccc(F)cc1)c1cc(S(=O)(=O)N2CCOCC2)ccc1Cl. The lowest BCUT2D eigenvalue weighted by atomic mass is 10.2. The summed E-state index contributed by atoms with van der Waals surface area (Å²) < 4.78 is 50.0. The van der Waals surface area contributed by atoms with E-state index in [2.05, 4.69) is 0 Å². The van der Waals surface area contributed by atoms with Crippen molar-refractivity contribution in [2.75, 3.05) is 26.3 Å². The highest BCUT2D eigenvalue weighted by Crippen LogP contribution is 2.24. The van der Waals surface area contributed by atoms with Crippen molar-refractivity contribution < 1.29 is 27.1 Å². The van der Waals surface area contributed by atoms with Crippen LogP contribution in [0.25, 0.3) is 0 Å². The molecule has 0 N–H and O–H groups in total. The number of halogens is 2. The molecule has 0 unspecified atom stereocenters. The predicted octanol–water partition coefficient (Wildman–Crippen LogP) is 2.86. The van der Waals surface area contributed by atoms with Gasteiger partial charge in [-0.1, -0.05) is 23.7 Å². The third-order valence-corrected chi connectivity index (χ3v) is 6.27. The Morgan fingerprint density at radius 3 is 2.48 bits per heavy atom. The fourth-order valence-corrected chi connectivity index (χ4v) is 4.19. The van der Waals surface area contributed by atoms with Gasteiger partial charge in [-0.25, -0.2) is 17.6 Å². The minimum Gasteiger partial charge on any atom is -0.457 e. The molecule has 3 rings (SSSR count). The molecule has 0 bridgehead atoms. The standard InChI is InChI=1S/C18H17ClFNO5S/c19-17-6-5-15(27(23,24)21-7-9-25-10-8-21)11-16(17)18(22)26-12-13-1-3-14(20)4-2-13/h1-6,11H,7-10,12H2. The average Bonchev–Trinajstić information content (AvgIpc) is 2.68. The summed E-state index contributed by atoms with van der Waals surface area (Å²) >= 11 is 6.05. The molecule has 27 heavy (non-hydrogen) atoms. The van der Waals surface area contributed by atoms with Gasteiger partial charge in [0.1, 0.15) is 12.4 Å². The molecule has 0 atom stereocenters. The number of carbonyl (C=O) groups excluding carboxylic acids is 1. The maximum atomic E-state index is 12.9. The zero-order valence-corrected chi connectivity index (χ0v) is 15.8. The first-order valence-corrected chi connectivity index (χ1v) is 9.99. The largest absolute Gasteiger partial charge is 0.457 e. The second-order valence-corrected chi connectivity index (χ2v) is 8.21. The number of sulfonamides is 1. The van der Waals surface area contributed by atoms with Crippen molar-refractivity contribution in [2.45, 2.75) is 11.5 Å². The second-order valence-electron chi connectivity index (χ2n) is 5.86. The van der Waals surface area contributed by atoms with E-state index >= 15 is 0 Å². The number of esters is 1. The van der Waals surface area contributed by atoms with E-state index in [1.54, 1.807) is 0 Å². The van der Waals surface area contributed by atoms with Gasteiger partial charge in [0.15, 0.2) is 0 Å². The Hall–Kier alpha value is -2.00. The van der Waals surface area contributed by atoms with E-state index in [0.29, 0.717) is 18.8 Å². The normalized spacial score (nSPS) is 15.5. The monoisotopic (exact) mass is 413 g/mol. The number of benzene rings is 2. The van der Waals surface area contributed by atoms with Crippen LogP contribution in [0.1, 0.15) is 15.9 Å². The van der Waals surface area contributed by atoms with Crippen LogP contribution in [-0.2, 0) is 26.1 Å². The molecule has 0 aliphatic carbocycles. The Morgan fingerprint density at radius 2 is 1.81 bits per heavy atom. The predicted molar refractivity (Wildman–Crippen MR) is 96.5 cm³/mol. The molecule has 9 heteroatoms. The highest BCUT2D eigenvalue weighted by atomic mass is 35.5. The maximum absolute atomic E-state index is 12.9. The molecule has 1 heterocycles. The van der Waals surface area contributed by atoms with E-state index in [4.69, 9.17) is 21.1 Å². The summed E-state index contributed by atoms with van der Waals surface area (Å²) in [5.74, 6) is -1.16. The van der Waals surface area contributed by atoms with E-state index < -0.39 is 21.8 Å². The van der Waals surface area contributed by atoms with Crippen molar-refractivity contribution in [3.8, 4) is 0 Å². The number of hydrogen-bond donors (Lipinski definition) is 0. The summed E-state index contributed by atoms with van der Waals surface area (Å²) in [6, 6.07) is 9.40. The van der Waals surface area contributed by atoms with E-state index in [-0.39, 0.29) is 35.2 Å². The van der Waals surface area contributed by atoms with Crippen LogP contribution in [0.5, 0.6) is 0 Å². The number of ether oxygens (including phenoxy) is 2. The summed E-state index contributed by atoms with van der Waals surface area (Å²) in [6.45, 7) is 1.04. The molecule has 1 fully saturated rings. The third-order valence-electron chi connectivity index (χ3n) is 4.05. The third kappa shape index (κ3) is 4.65. The topological polar surface area (TPSA) is 72.9 Å². The van der Waals surface area contributed by atoms with Gasteiger partial charge >= 0.3 is 5.97 Å². The summed E-state index contributed by atoms with van der Waals surface area (Å²) in [7, 11) is -3.76. The molecule has 144 valence electrons. The molecule has 6 nitrogen and oxygen atoms in total. The minimum absolute atomic E-state index is 0.0393. The summed E-state index contributed by atoms with van der Waals surface area (Å²) in [6.07, 6.45) is 0. The molecule has 2 aromatic rings. The summed E-state index contributed by atoms with van der Waals surface area (Å²) in [5.41, 5.74) is 0.547. The van der Waals surface area contributed by atoms with Crippen LogP contribution in [0.2, 0.25) is 5.02 Å². The van der Waals surface area contributed by atoms with Gasteiger partial charge in [-0.3, -0.25) is 0 Å². The van der Waals surface area contributed by atoms with Crippen LogP contribution in [0.4, 0.5) is 4.39 Å². The van der Waals surface area contributed by atoms with Crippen molar-refractivity contribution in [3.05, 3.63) is 64.4 Å². The van der Waals surface area contributed by atoms with Crippen molar-refractivity contribution in [2.24, 2.45) is 0 Å². The molecular weight excluding hydrogens is 397 g/mol. The first-order chi connectivity index (χ1) is 12.9. The number of carbonyl (C=O) groups is 1. The smallest absolute Gasteiger partial charge is 0.340 e. The van der Waals surface area contributed by atoms with Gasteiger partial charge in [0.05, 0.1) is 28.7 Å². The van der Waals surface area contributed by atoms with Gasteiger partial charge < -0.3 is 9.47 Å². The number of rotatable bonds is 5. The van der Waals surface area contributed by atoms with Gasteiger partial charge in [-0.2, -0.15) is 4.31 Å². The van der Waals surface area contributed by atoms with Gasteiger partial charge in [-0.05, 0) is 35.9 Å². The molecule has 0 aromatic heterocycles. The molecule has 0 amide bonds. The highest BCUT2D eigenvalue weighted by Gasteiger charge is 2.27. The molecule has 2 aromatic carbocycles. The van der Waals surface area contributed by atoms with Crippen molar-refractivity contribution >= 4 is 27.6 Å². The van der Waals surface area contributed by atoms with E-state index in [1.165, 1.54) is 46.8 Å². The first-order valence-electron chi connectivity index (χ1n) is 8.17. The fraction of sp³-hybridized carbons (Fsp3) is 0.278. The maximum Gasteiger partial charge on any atom is 0.340 e. The second kappa shape index (κ2) is 8.35. The Labute approximate surface area is 161 Å². The molecule has 0 spiro atoms. The Morgan fingerprint density at radius 1 is 1.15 bits per heavy atom. The van der Waals surface area contributed by atoms with Crippen LogP contribution < -0.4 is 0 Å². The van der Waals surface area contributed by atoms with E-state index in [0.717, 1.165) is 0 Å². The Balaban J connectivity index is 1.78.